The summed E-state index contributed by atoms with van der Waals surface area (Å²) in [5, 5.41) is 3.52. The van der Waals surface area contributed by atoms with Crippen molar-refractivity contribution in [3.8, 4) is 5.75 Å². The van der Waals surface area contributed by atoms with Crippen molar-refractivity contribution >= 4 is 29.2 Å². The van der Waals surface area contributed by atoms with Crippen molar-refractivity contribution in [1.82, 2.24) is 0 Å². The molecule has 2 rings (SSSR count). The summed E-state index contributed by atoms with van der Waals surface area (Å²) < 4.78 is 5.58. The summed E-state index contributed by atoms with van der Waals surface area (Å²) in [6.07, 6.45) is 0.718. The SMILES string of the molecule is [C-]#[N+]CCCOc1ccc(Sc2ccc(C(=O)C(C)=NOC(C)=O)cc2)cc1. The van der Waals surface area contributed by atoms with Gasteiger partial charge in [0.25, 0.3) is 0 Å². The van der Waals surface area contributed by atoms with E-state index in [0.717, 1.165) is 22.0 Å². The number of hydrogen-bond acceptors (Lipinski definition) is 6. The van der Waals surface area contributed by atoms with Crippen molar-refractivity contribution in [2.24, 2.45) is 5.16 Å². The normalized spacial score (nSPS) is 10.8. The minimum atomic E-state index is -0.571. The van der Waals surface area contributed by atoms with E-state index < -0.39 is 5.97 Å². The van der Waals surface area contributed by atoms with Crippen LogP contribution in [-0.4, -0.2) is 30.6 Å². The summed E-state index contributed by atoms with van der Waals surface area (Å²) in [5.74, 6) is -0.0889. The lowest BCUT2D eigenvalue weighted by Gasteiger charge is -2.06. The Morgan fingerprint density at radius 3 is 2.21 bits per heavy atom. The molecule has 0 amide bonds. The Morgan fingerprint density at radius 1 is 1.04 bits per heavy atom. The molecule has 0 bridgehead atoms. The number of Topliss-reactive ketones (excluding diaryl/α,β-unsaturated/α-hetero) is 1. The highest BCUT2D eigenvalue weighted by molar-refractivity contribution is 7.99. The van der Waals surface area contributed by atoms with Crippen molar-refractivity contribution in [3.63, 3.8) is 0 Å². The number of carbonyl (C=O) groups is 2. The average Bonchev–Trinajstić information content (AvgIpc) is 2.70. The van der Waals surface area contributed by atoms with E-state index in [0.29, 0.717) is 18.7 Å². The topological polar surface area (TPSA) is 69.3 Å². The molecule has 0 unspecified atom stereocenters. The molecular formula is C21H20N2O4S. The molecule has 144 valence electrons. The second-order valence-corrected chi connectivity index (χ2v) is 6.92. The molecule has 0 saturated carbocycles. The third-order valence-electron chi connectivity index (χ3n) is 3.50. The molecule has 0 heterocycles. The summed E-state index contributed by atoms with van der Waals surface area (Å²) >= 11 is 1.57. The third kappa shape index (κ3) is 6.89. The molecule has 0 saturated heterocycles. The highest BCUT2D eigenvalue weighted by Crippen LogP contribution is 2.29. The standard InChI is InChI=1S/C21H20N2O4S/c1-15(23-27-16(2)24)21(25)17-5-9-19(10-6-17)28-20-11-7-18(8-12-20)26-14-4-13-22-3/h5-12H,4,13-14H2,1-2H3. The number of ether oxygens (including phenoxy) is 1. The number of nitrogens with zero attached hydrogens (tertiary/aromatic N) is 2. The van der Waals surface area contributed by atoms with Crippen LogP contribution in [-0.2, 0) is 9.63 Å². The van der Waals surface area contributed by atoms with Crippen LogP contribution in [0.4, 0.5) is 0 Å². The van der Waals surface area contributed by atoms with Crippen LogP contribution in [0.2, 0.25) is 0 Å². The van der Waals surface area contributed by atoms with Gasteiger partial charge in [-0.25, -0.2) is 11.4 Å². The van der Waals surface area contributed by atoms with Gasteiger partial charge in [-0.3, -0.25) is 4.79 Å². The Balaban J connectivity index is 1.93. The number of rotatable bonds is 9. The molecule has 0 N–H and O–H groups in total. The van der Waals surface area contributed by atoms with Gasteiger partial charge in [0, 0.05) is 22.3 Å². The van der Waals surface area contributed by atoms with Gasteiger partial charge in [-0.2, -0.15) is 0 Å². The fourth-order valence-corrected chi connectivity index (χ4v) is 2.95. The number of oxime groups is 1. The van der Waals surface area contributed by atoms with Crippen LogP contribution in [0.1, 0.15) is 30.6 Å². The molecule has 6 nitrogen and oxygen atoms in total. The predicted molar refractivity (Wildman–Crippen MR) is 108 cm³/mol. The van der Waals surface area contributed by atoms with Crippen LogP contribution in [0.15, 0.2) is 63.5 Å². The Bertz CT molecular complexity index is 884. The molecule has 2 aromatic rings. The summed E-state index contributed by atoms with van der Waals surface area (Å²) in [5.41, 5.74) is 0.587. The van der Waals surface area contributed by atoms with Gasteiger partial charge in [0.05, 0.1) is 13.0 Å². The minimum absolute atomic E-state index is 0.114. The molecule has 28 heavy (non-hydrogen) atoms. The van der Waals surface area contributed by atoms with Crippen LogP contribution in [0.5, 0.6) is 5.75 Å². The van der Waals surface area contributed by atoms with E-state index in [1.165, 1.54) is 13.8 Å². The van der Waals surface area contributed by atoms with E-state index in [2.05, 4.69) is 14.8 Å². The van der Waals surface area contributed by atoms with Crippen LogP contribution in [0.3, 0.4) is 0 Å². The highest BCUT2D eigenvalue weighted by Gasteiger charge is 2.11. The molecule has 2 aromatic carbocycles. The molecule has 0 atom stereocenters. The minimum Gasteiger partial charge on any atom is -0.493 e. The van der Waals surface area contributed by atoms with E-state index in [-0.39, 0.29) is 11.5 Å². The van der Waals surface area contributed by atoms with Crippen LogP contribution in [0, 0.1) is 6.57 Å². The number of carbonyl (C=O) groups excluding carboxylic acids is 2. The van der Waals surface area contributed by atoms with E-state index in [1.807, 2.05) is 36.4 Å². The quantitative estimate of drug-likeness (QED) is 0.154. The number of ketones is 1. The fourth-order valence-electron chi connectivity index (χ4n) is 2.13. The largest absolute Gasteiger partial charge is 0.493 e. The maximum atomic E-state index is 12.2. The number of hydrogen-bond donors (Lipinski definition) is 0. The molecule has 0 aliphatic carbocycles. The summed E-state index contributed by atoms with van der Waals surface area (Å²) in [4.78, 5) is 32.8. The first kappa shape index (κ1) is 21.2. The maximum Gasteiger partial charge on any atom is 0.331 e. The van der Waals surface area contributed by atoms with Gasteiger partial charge >= 0.3 is 5.97 Å². The Labute approximate surface area is 168 Å². The molecule has 0 radical (unpaired) electrons. The van der Waals surface area contributed by atoms with Crippen LogP contribution in [0.25, 0.3) is 4.85 Å². The van der Waals surface area contributed by atoms with Crippen molar-refractivity contribution < 1.29 is 19.2 Å². The average molecular weight is 396 g/mol. The zero-order chi connectivity index (χ0) is 20.4. The van der Waals surface area contributed by atoms with Gasteiger partial charge in [-0.05, 0) is 55.5 Å². The van der Waals surface area contributed by atoms with Gasteiger partial charge in [0.1, 0.15) is 11.5 Å². The molecule has 0 fully saturated rings. The maximum absolute atomic E-state index is 12.2. The lowest BCUT2D eigenvalue weighted by Crippen LogP contribution is -2.11. The van der Waals surface area contributed by atoms with Crippen molar-refractivity contribution in [1.29, 1.82) is 0 Å². The van der Waals surface area contributed by atoms with E-state index in [9.17, 15) is 9.59 Å². The molecule has 7 heteroatoms. The Morgan fingerprint density at radius 2 is 1.64 bits per heavy atom. The summed E-state index contributed by atoms with van der Waals surface area (Å²) in [7, 11) is 0. The van der Waals surface area contributed by atoms with Gasteiger partial charge < -0.3 is 14.4 Å². The first-order valence-corrected chi connectivity index (χ1v) is 9.42. The number of benzene rings is 2. The monoisotopic (exact) mass is 396 g/mol. The molecule has 0 aliphatic heterocycles. The second-order valence-electron chi connectivity index (χ2n) is 5.77. The van der Waals surface area contributed by atoms with Gasteiger partial charge in [-0.15, -0.1) is 0 Å². The molecule has 0 aromatic heterocycles. The Kier molecular flexibility index (Phi) is 8.25. The molecule has 0 spiro atoms. The van der Waals surface area contributed by atoms with Gasteiger partial charge in [0.15, 0.2) is 0 Å². The smallest absolute Gasteiger partial charge is 0.331 e. The van der Waals surface area contributed by atoms with Crippen molar-refractivity contribution in [3.05, 3.63) is 65.5 Å². The van der Waals surface area contributed by atoms with E-state index in [4.69, 9.17) is 11.3 Å². The lowest BCUT2D eigenvalue weighted by molar-refractivity contribution is -0.140. The van der Waals surface area contributed by atoms with E-state index >= 15 is 0 Å². The van der Waals surface area contributed by atoms with Gasteiger partial charge in [-0.1, -0.05) is 16.9 Å². The third-order valence-corrected chi connectivity index (χ3v) is 4.51. The second kappa shape index (κ2) is 10.9. The van der Waals surface area contributed by atoms with Gasteiger partial charge in [0.2, 0.25) is 12.3 Å². The fraction of sp³-hybridized carbons (Fsp3) is 0.238. The Hall–Kier alpha value is -3.11. The predicted octanol–water partition coefficient (Wildman–Crippen LogP) is 4.65. The zero-order valence-electron chi connectivity index (χ0n) is 15.7. The zero-order valence-corrected chi connectivity index (χ0v) is 16.5. The van der Waals surface area contributed by atoms with E-state index in [1.54, 1.807) is 23.9 Å². The summed E-state index contributed by atoms with van der Waals surface area (Å²) in [6.45, 7) is 10.5. The van der Waals surface area contributed by atoms with Crippen LogP contribution < -0.4 is 4.74 Å². The van der Waals surface area contributed by atoms with Crippen molar-refractivity contribution in [2.45, 2.75) is 30.1 Å². The van der Waals surface area contributed by atoms with Crippen molar-refractivity contribution in [2.75, 3.05) is 13.2 Å². The highest BCUT2D eigenvalue weighted by atomic mass is 32.2. The first-order chi connectivity index (χ1) is 13.5. The van der Waals surface area contributed by atoms with Crippen LogP contribution >= 0.6 is 11.8 Å². The first-order valence-electron chi connectivity index (χ1n) is 8.60. The molecule has 0 aliphatic rings. The molecular weight excluding hydrogens is 376 g/mol. The lowest BCUT2D eigenvalue weighted by atomic mass is 10.1. The summed E-state index contributed by atoms with van der Waals surface area (Å²) in [6, 6.07) is 14.9.